The van der Waals surface area contributed by atoms with Crippen molar-refractivity contribution in [2.24, 2.45) is 0 Å². The molecule has 31 heavy (non-hydrogen) atoms. The Morgan fingerprint density at radius 2 is 1.81 bits per heavy atom. The smallest absolute Gasteiger partial charge is 0.219 e. The van der Waals surface area contributed by atoms with E-state index in [4.69, 9.17) is 16.6 Å². The number of carbonyl (C=O) groups excluding carboxylic acids is 1. The van der Waals surface area contributed by atoms with Gasteiger partial charge >= 0.3 is 0 Å². The van der Waals surface area contributed by atoms with Crippen molar-refractivity contribution in [3.05, 3.63) is 57.3 Å². The van der Waals surface area contributed by atoms with Gasteiger partial charge in [-0.2, -0.15) is 0 Å². The Morgan fingerprint density at radius 1 is 1.06 bits per heavy atom. The van der Waals surface area contributed by atoms with Gasteiger partial charge in [-0.05, 0) is 36.8 Å². The lowest BCUT2D eigenvalue weighted by Gasteiger charge is -2.35. The fourth-order valence-electron chi connectivity index (χ4n) is 4.27. The van der Waals surface area contributed by atoms with Gasteiger partial charge < -0.3 is 19.8 Å². The first-order valence-electron chi connectivity index (χ1n) is 10.2. The molecule has 0 saturated carbocycles. The van der Waals surface area contributed by atoms with Gasteiger partial charge in [0.1, 0.15) is 16.5 Å². The van der Waals surface area contributed by atoms with E-state index < -0.39 is 0 Å². The lowest BCUT2D eigenvalue weighted by atomic mass is 10.1. The number of piperazine rings is 1. The Kier molecular flexibility index (Phi) is 4.70. The van der Waals surface area contributed by atoms with Crippen LogP contribution in [0, 0.1) is 6.92 Å². The summed E-state index contributed by atoms with van der Waals surface area (Å²) in [4.78, 5) is 39.9. The Bertz CT molecular complexity index is 1380. The van der Waals surface area contributed by atoms with Gasteiger partial charge in [0.25, 0.3) is 0 Å². The molecule has 8 heteroatoms. The molecule has 7 nitrogen and oxygen atoms in total. The predicted octanol–water partition coefficient (Wildman–Crippen LogP) is 3.70. The standard InChI is InChI=1S/C23H22ClN5O2/c1-13-11-15(29-9-7-28(8-10-29)14(2)30)12-18-20(13)27-23(26-18)19-21(31)16-5-3-4-6-17(16)25-22(19)24/h3-6,11-12H,7-10H2,1-2H3,(H,25,31)(H,26,27). The van der Waals surface area contributed by atoms with Crippen molar-refractivity contribution in [2.75, 3.05) is 31.1 Å². The first-order chi connectivity index (χ1) is 14.9. The second kappa shape index (κ2) is 7.42. The highest BCUT2D eigenvalue weighted by molar-refractivity contribution is 6.32. The number of aromatic amines is 2. The van der Waals surface area contributed by atoms with Crippen LogP contribution in [0.3, 0.4) is 0 Å². The summed E-state index contributed by atoms with van der Waals surface area (Å²) < 4.78 is 0. The molecular formula is C23H22ClN5O2. The van der Waals surface area contributed by atoms with Gasteiger partial charge in [0.05, 0.1) is 16.6 Å². The van der Waals surface area contributed by atoms with Crippen LogP contribution in [0.5, 0.6) is 0 Å². The third-order valence-corrected chi connectivity index (χ3v) is 6.24. The maximum atomic E-state index is 13.1. The highest BCUT2D eigenvalue weighted by atomic mass is 35.5. The highest BCUT2D eigenvalue weighted by Gasteiger charge is 2.21. The van der Waals surface area contributed by atoms with Crippen LogP contribution in [-0.2, 0) is 4.79 Å². The summed E-state index contributed by atoms with van der Waals surface area (Å²) in [5.74, 6) is 0.565. The van der Waals surface area contributed by atoms with E-state index in [1.54, 1.807) is 13.0 Å². The predicted molar refractivity (Wildman–Crippen MR) is 124 cm³/mol. The van der Waals surface area contributed by atoms with Crippen LogP contribution in [-0.4, -0.2) is 51.9 Å². The number of rotatable bonds is 2. The van der Waals surface area contributed by atoms with Crippen LogP contribution >= 0.6 is 11.6 Å². The van der Waals surface area contributed by atoms with E-state index in [2.05, 4.69) is 20.9 Å². The molecule has 5 rings (SSSR count). The summed E-state index contributed by atoms with van der Waals surface area (Å²) in [5.41, 5.74) is 4.62. The van der Waals surface area contributed by atoms with E-state index in [9.17, 15) is 9.59 Å². The molecule has 0 aliphatic carbocycles. The number of benzene rings is 2. The number of halogens is 1. The molecule has 3 heterocycles. The summed E-state index contributed by atoms with van der Waals surface area (Å²) in [7, 11) is 0. The number of carbonyl (C=O) groups is 1. The Hall–Kier alpha value is -3.32. The van der Waals surface area contributed by atoms with Crippen molar-refractivity contribution in [1.82, 2.24) is 19.9 Å². The molecule has 1 aliphatic heterocycles. The number of para-hydroxylation sites is 1. The highest BCUT2D eigenvalue weighted by Crippen LogP contribution is 2.30. The Balaban J connectivity index is 1.56. The zero-order chi connectivity index (χ0) is 21.7. The lowest BCUT2D eigenvalue weighted by Crippen LogP contribution is -2.48. The van der Waals surface area contributed by atoms with Gasteiger partial charge in [0.15, 0.2) is 0 Å². The van der Waals surface area contributed by atoms with Crippen LogP contribution in [0.1, 0.15) is 12.5 Å². The van der Waals surface area contributed by atoms with Gasteiger partial charge in [-0.15, -0.1) is 0 Å². The molecule has 158 valence electrons. The largest absolute Gasteiger partial charge is 0.368 e. The number of amides is 1. The number of nitrogens with one attached hydrogen (secondary N) is 2. The number of aryl methyl sites for hydroxylation is 1. The van der Waals surface area contributed by atoms with Crippen LogP contribution in [0.2, 0.25) is 5.15 Å². The van der Waals surface area contributed by atoms with Gasteiger partial charge in [-0.1, -0.05) is 23.7 Å². The molecule has 1 saturated heterocycles. The monoisotopic (exact) mass is 435 g/mol. The van der Waals surface area contributed by atoms with E-state index >= 15 is 0 Å². The summed E-state index contributed by atoms with van der Waals surface area (Å²) >= 11 is 6.45. The molecule has 0 radical (unpaired) electrons. The maximum Gasteiger partial charge on any atom is 0.219 e. The fraction of sp³-hybridized carbons (Fsp3) is 0.261. The van der Waals surface area contributed by atoms with Gasteiger partial charge in [-0.3, -0.25) is 9.59 Å². The van der Waals surface area contributed by atoms with Crippen molar-refractivity contribution in [2.45, 2.75) is 13.8 Å². The summed E-state index contributed by atoms with van der Waals surface area (Å²) in [6, 6.07) is 11.4. The molecule has 2 aromatic heterocycles. The number of hydrogen-bond acceptors (Lipinski definition) is 4. The van der Waals surface area contributed by atoms with Crippen LogP contribution < -0.4 is 10.3 Å². The summed E-state index contributed by atoms with van der Waals surface area (Å²) in [6.07, 6.45) is 0. The first kappa shape index (κ1) is 19.6. The van der Waals surface area contributed by atoms with Gasteiger partial charge in [0.2, 0.25) is 11.3 Å². The molecule has 0 atom stereocenters. The Labute approximate surface area is 183 Å². The summed E-state index contributed by atoms with van der Waals surface area (Å²) in [5, 5.41) is 0.837. The second-order valence-corrected chi connectivity index (χ2v) is 8.30. The molecule has 1 aliphatic rings. The zero-order valence-electron chi connectivity index (χ0n) is 17.3. The first-order valence-corrected chi connectivity index (χ1v) is 10.6. The van der Waals surface area contributed by atoms with Crippen molar-refractivity contribution >= 4 is 45.1 Å². The van der Waals surface area contributed by atoms with Crippen molar-refractivity contribution in [3.63, 3.8) is 0 Å². The minimum Gasteiger partial charge on any atom is -0.368 e. The molecule has 1 fully saturated rings. The lowest BCUT2D eigenvalue weighted by molar-refractivity contribution is -0.129. The molecule has 0 spiro atoms. The number of fused-ring (bicyclic) bond motifs is 2. The van der Waals surface area contributed by atoms with Crippen molar-refractivity contribution < 1.29 is 4.79 Å². The number of imidazole rings is 1. The maximum absolute atomic E-state index is 13.1. The van der Waals surface area contributed by atoms with E-state index in [-0.39, 0.29) is 16.5 Å². The van der Waals surface area contributed by atoms with Crippen LogP contribution in [0.25, 0.3) is 33.3 Å². The molecule has 2 N–H and O–H groups in total. The van der Waals surface area contributed by atoms with Crippen LogP contribution in [0.15, 0.2) is 41.2 Å². The number of H-pyrrole nitrogens is 2. The van der Waals surface area contributed by atoms with Gasteiger partial charge in [0, 0.05) is 44.2 Å². The third kappa shape index (κ3) is 3.35. The average Bonchev–Trinajstić information content (AvgIpc) is 3.18. The second-order valence-electron chi connectivity index (χ2n) is 7.93. The topological polar surface area (TPSA) is 85.1 Å². The molecular weight excluding hydrogens is 414 g/mol. The van der Waals surface area contributed by atoms with Crippen LogP contribution in [0.4, 0.5) is 5.69 Å². The van der Waals surface area contributed by atoms with E-state index in [0.29, 0.717) is 35.4 Å². The van der Waals surface area contributed by atoms with E-state index in [0.717, 1.165) is 35.4 Å². The summed E-state index contributed by atoms with van der Waals surface area (Å²) in [6.45, 7) is 6.60. The van der Waals surface area contributed by atoms with Crippen molar-refractivity contribution in [3.8, 4) is 11.4 Å². The molecule has 1 amide bonds. The number of aromatic nitrogens is 3. The molecule has 0 bridgehead atoms. The minimum absolute atomic E-state index is 0.113. The average molecular weight is 436 g/mol. The Morgan fingerprint density at radius 3 is 2.55 bits per heavy atom. The fourth-order valence-corrected chi connectivity index (χ4v) is 4.55. The SMILES string of the molecule is CC(=O)N1CCN(c2cc(C)c3nc(-c4c(Cl)[nH]c5ccccc5c4=O)[nH]c3c2)CC1. The number of anilines is 1. The third-order valence-electron chi connectivity index (χ3n) is 5.95. The molecule has 0 unspecified atom stereocenters. The number of hydrogen-bond donors (Lipinski definition) is 2. The molecule has 2 aromatic carbocycles. The quantitative estimate of drug-likeness (QED) is 0.470. The molecule has 4 aromatic rings. The number of pyridine rings is 1. The van der Waals surface area contributed by atoms with Crippen molar-refractivity contribution in [1.29, 1.82) is 0 Å². The normalized spacial score (nSPS) is 14.5. The van der Waals surface area contributed by atoms with E-state index in [1.807, 2.05) is 36.1 Å². The van der Waals surface area contributed by atoms with Gasteiger partial charge in [-0.25, -0.2) is 4.98 Å². The number of nitrogens with zero attached hydrogens (tertiary/aromatic N) is 3. The van der Waals surface area contributed by atoms with E-state index in [1.165, 1.54) is 0 Å². The minimum atomic E-state index is -0.156. The zero-order valence-corrected chi connectivity index (χ0v) is 18.1.